The zero-order chi connectivity index (χ0) is 18.7. The first-order chi connectivity index (χ1) is 12.4. The van der Waals surface area contributed by atoms with E-state index in [4.69, 9.17) is 4.74 Å². The molecule has 0 unspecified atom stereocenters. The highest BCUT2D eigenvalue weighted by atomic mass is 19.4. The molecule has 0 aliphatic rings. The molecule has 1 amide bonds. The Kier molecular flexibility index (Phi) is 4.66. The Balaban J connectivity index is 1.76. The molecule has 0 atom stereocenters. The van der Waals surface area contributed by atoms with E-state index < -0.39 is 11.7 Å². The maximum atomic E-state index is 12.8. The van der Waals surface area contributed by atoms with Gasteiger partial charge in [-0.25, -0.2) is 4.68 Å². The third-order valence-electron chi connectivity index (χ3n) is 3.62. The fraction of sp³-hybridized carbons (Fsp3) is 0.111. The van der Waals surface area contributed by atoms with E-state index in [0.29, 0.717) is 11.3 Å². The van der Waals surface area contributed by atoms with Crippen LogP contribution in [0.3, 0.4) is 0 Å². The molecule has 0 spiro atoms. The Hall–Kier alpha value is -3.29. The lowest BCUT2D eigenvalue weighted by Gasteiger charge is -2.08. The maximum absolute atomic E-state index is 12.8. The lowest BCUT2D eigenvalue weighted by molar-refractivity contribution is -0.137. The first kappa shape index (κ1) is 17.5. The van der Waals surface area contributed by atoms with E-state index in [-0.39, 0.29) is 17.4 Å². The molecule has 1 N–H and O–H groups in total. The molecule has 0 aliphatic carbocycles. The second-order valence-corrected chi connectivity index (χ2v) is 5.38. The summed E-state index contributed by atoms with van der Waals surface area (Å²) < 4.78 is 44.7. The van der Waals surface area contributed by atoms with Gasteiger partial charge in [-0.2, -0.15) is 18.3 Å². The lowest BCUT2D eigenvalue weighted by atomic mass is 10.2. The molecule has 2 aromatic carbocycles. The van der Waals surface area contributed by atoms with Crippen LogP contribution in [0.4, 0.5) is 19.0 Å². The van der Waals surface area contributed by atoms with E-state index in [1.807, 2.05) is 0 Å². The molecule has 3 rings (SSSR count). The molecule has 0 fully saturated rings. The number of ether oxygens (including phenoxy) is 1. The van der Waals surface area contributed by atoms with Crippen molar-refractivity contribution < 1.29 is 22.7 Å². The minimum atomic E-state index is -4.44. The van der Waals surface area contributed by atoms with Crippen molar-refractivity contribution >= 4 is 11.7 Å². The number of benzene rings is 2. The molecule has 26 heavy (non-hydrogen) atoms. The molecule has 134 valence electrons. The van der Waals surface area contributed by atoms with Crippen LogP contribution in [-0.2, 0) is 6.18 Å². The number of hydrogen-bond donors (Lipinski definition) is 1. The maximum Gasteiger partial charge on any atom is 0.416 e. The van der Waals surface area contributed by atoms with Gasteiger partial charge < -0.3 is 10.1 Å². The number of amides is 1. The van der Waals surface area contributed by atoms with Gasteiger partial charge in [0, 0.05) is 17.8 Å². The fourth-order valence-electron chi connectivity index (χ4n) is 2.29. The van der Waals surface area contributed by atoms with Gasteiger partial charge in [-0.1, -0.05) is 6.07 Å². The molecular formula is C18H14F3N3O2. The summed E-state index contributed by atoms with van der Waals surface area (Å²) in [5.74, 6) is 0.459. The number of nitrogens with one attached hydrogen (secondary N) is 1. The van der Waals surface area contributed by atoms with Crippen molar-refractivity contribution in [3.8, 4) is 11.4 Å². The lowest BCUT2D eigenvalue weighted by Crippen LogP contribution is -2.12. The highest BCUT2D eigenvalue weighted by molar-refractivity contribution is 6.03. The van der Waals surface area contributed by atoms with E-state index in [1.165, 1.54) is 36.2 Å². The summed E-state index contributed by atoms with van der Waals surface area (Å²) in [4.78, 5) is 12.2. The van der Waals surface area contributed by atoms with Crippen LogP contribution in [0.5, 0.6) is 5.75 Å². The van der Waals surface area contributed by atoms with Gasteiger partial charge in [0.1, 0.15) is 5.75 Å². The largest absolute Gasteiger partial charge is 0.497 e. The van der Waals surface area contributed by atoms with Crippen molar-refractivity contribution in [2.75, 3.05) is 12.4 Å². The molecule has 1 heterocycles. The van der Waals surface area contributed by atoms with Gasteiger partial charge in [0.05, 0.1) is 18.4 Å². The molecule has 0 bridgehead atoms. The molecule has 8 heteroatoms. The molecule has 3 aromatic rings. The third-order valence-corrected chi connectivity index (χ3v) is 3.62. The summed E-state index contributed by atoms with van der Waals surface area (Å²) in [6, 6.07) is 12.8. The van der Waals surface area contributed by atoms with Crippen LogP contribution >= 0.6 is 0 Å². The SMILES string of the molecule is COc1ccc(C(=O)Nc2ccn(-c3cccc(C(F)(F)F)c3)n2)cc1. The number of halogens is 3. The predicted molar refractivity (Wildman–Crippen MR) is 89.5 cm³/mol. The van der Waals surface area contributed by atoms with E-state index >= 15 is 0 Å². The van der Waals surface area contributed by atoms with Gasteiger partial charge in [0.15, 0.2) is 5.82 Å². The summed E-state index contributed by atoms with van der Waals surface area (Å²) in [5.41, 5.74) is -0.126. The first-order valence-corrected chi connectivity index (χ1v) is 7.55. The Morgan fingerprint density at radius 2 is 1.85 bits per heavy atom. The zero-order valence-corrected chi connectivity index (χ0v) is 13.6. The van der Waals surface area contributed by atoms with E-state index in [2.05, 4.69) is 10.4 Å². The van der Waals surface area contributed by atoms with E-state index in [9.17, 15) is 18.0 Å². The summed E-state index contributed by atoms with van der Waals surface area (Å²) >= 11 is 0. The van der Waals surface area contributed by atoms with Crippen LogP contribution in [0.2, 0.25) is 0 Å². The summed E-state index contributed by atoms with van der Waals surface area (Å²) in [5, 5.41) is 6.69. The minimum Gasteiger partial charge on any atom is -0.497 e. The van der Waals surface area contributed by atoms with Gasteiger partial charge in [-0.15, -0.1) is 0 Å². The highest BCUT2D eigenvalue weighted by Crippen LogP contribution is 2.30. The normalized spacial score (nSPS) is 11.2. The summed E-state index contributed by atoms with van der Waals surface area (Å²) in [7, 11) is 1.52. The summed E-state index contributed by atoms with van der Waals surface area (Å²) in [6.45, 7) is 0. The van der Waals surface area contributed by atoms with Crippen molar-refractivity contribution in [3.63, 3.8) is 0 Å². The first-order valence-electron chi connectivity index (χ1n) is 7.55. The van der Waals surface area contributed by atoms with Crippen LogP contribution < -0.4 is 10.1 Å². The van der Waals surface area contributed by atoms with Crippen molar-refractivity contribution in [2.24, 2.45) is 0 Å². The quantitative estimate of drug-likeness (QED) is 0.759. The number of carbonyl (C=O) groups is 1. The molecule has 5 nitrogen and oxygen atoms in total. The number of alkyl halides is 3. The van der Waals surface area contributed by atoms with Crippen molar-refractivity contribution in [1.29, 1.82) is 0 Å². The minimum absolute atomic E-state index is 0.225. The monoisotopic (exact) mass is 361 g/mol. The molecule has 0 radical (unpaired) electrons. The number of nitrogens with zero attached hydrogens (tertiary/aromatic N) is 2. The smallest absolute Gasteiger partial charge is 0.416 e. The Bertz CT molecular complexity index is 918. The van der Waals surface area contributed by atoms with Crippen molar-refractivity contribution in [2.45, 2.75) is 6.18 Å². The van der Waals surface area contributed by atoms with E-state index in [1.54, 1.807) is 24.3 Å². The van der Waals surface area contributed by atoms with Gasteiger partial charge in [-0.3, -0.25) is 4.79 Å². The van der Waals surface area contributed by atoms with Gasteiger partial charge in [0.2, 0.25) is 0 Å². The van der Waals surface area contributed by atoms with Crippen molar-refractivity contribution in [1.82, 2.24) is 9.78 Å². The number of rotatable bonds is 4. The summed E-state index contributed by atoms with van der Waals surface area (Å²) in [6.07, 6.45) is -2.96. The number of anilines is 1. The van der Waals surface area contributed by atoms with Crippen LogP contribution in [0.15, 0.2) is 60.8 Å². The third kappa shape index (κ3) is 3.85. The number of carbonyl (C=O) groups excluding carboxylic acids is 1. The average molecular weight is 361 g/mol. The molecular weight excluding hydrogens is 347 g/mol. The van der Waals surface area contributed by atoms with Crippen LogP contribution in [0.1, 0.15) is 15.9 Å². The molecule has 0 saturated heterocycles. The van der Waals surface area contributed by atoms with Crippen LogP contribution in [0, 0.1) is 0 Å². The predicted octanol–water partition coefficient (Wildman–Crippen LogP) is 4.15. The topological polar surface area (TPSA) is 56.1 Å². The highest BCUT2D eigenvalue weighted by Gasteiger charge is 2.30. The van der Waals surface area contributed by atoms with Crippen LogP contribution in [-0.4, -0.2) is 22.8 Å². The Morgan fingerprint density at radius 1 is 1.12 bits per heavy atom. The second kappa shape index (κ2) is 6.91. The molecule has 1 aromatic heterocycles. The van der Waals surface area contributed by atoms with Gasteiger partial charge >= 0.3 is 6.18 Å². The number of aromatic nitrogens is 2. The van der Waals surface area contributed by atoms with Crippen LogP contribution in [0.25, 0.3) is 5.69 Å². The average Bonchev–Trinajstić information content (AvgIpc) is 3.09. The van der Waals surface area contributed by atoms with E-state index in [0.717, 1.165) is 12.1 Å². The molecule has 0 saturated carbocycles. The second-order valence-electron chi connectivity index (χ2n) is 5.38. The standard InChI is InChI=1S/C18H14F3N3O2/c1-26-15-7-5-12(6-8-15)17(25)22-16-9-10-24(23-16)14-4-2-3-13(11-14)18(19,20)21/h2-11H,1H3,(H,22,23,25). The molecule has 0 aliphatic heterocycles. The Labute approximate surface area is 147 Å². The Morgan fingerprint density at radius 3 is 2.50 bits per heavy atom. The van der Waals surface area contributed by atoms with Gasteiger partial charge in [-0.05, 0) is 42.5 Å². The number of hydrogen-bond acceptors (Lipinski definition) is 3. The van der Waals surface area contributed by atoms with Crippen molar-refractivity contribution in [3.05, 3.63) is 71.9 Å². The number of methoxy groups -OCH3 is 1. The zero-order valence-electron chi connectivity index (χ0n) is 13.6. The fourth-order valence-corrected chi connectivity index (χ4v) is 2.29. The van der Waals surface area contributed by atoms with Gasteiger partial charge in [0.25, 0.3) is 5.91 Å².